The Morgan fingerprint density at radius 3 is 2.29 bits per heavy atom. The molecule has 2 heterocycles. The highest BCUT2D eigenvalue weighted by Gasteiger charge is 2.26. The van der Waals surface area contributed by atoms with E-state index in [-0.39, 0.29) is 5.92 Å². The van der Waals surface area contributed by atoms with Crippen molar-refractivity contribution in [1.82, 2.24) is 20.0 Å². The predicted octanol–water partition coefficient (Wildman–Crippen LogP) is 8.90. The van der Waals surface area contributed by atoms with E-state index in [1.165, 1.54) is 0 Å². The van der Waals surface area contributed by atoms with Crippen LogP contribution in [-0.2, 0) is 6.42 Å². The van der Waals surface area contributed by atoms with Gasteiger partial charge in [0.1, 0.15) is 0 Å². The molecule has 8 heteroatoms. The molecule has 4 rings (SSSR count). The molecule has 0 radical (unpaired) electrons. The second-order valence-corrected chi connectivity index (χ2v) is 10.0. The van der Waals surface area contributed by atoms with E-state index in [9.17, 15) is 0 Å². The van der Waals surface area contributed by atoms with Crippen LogP contribution >= 0.6 is 39.1 Å². The van der Waals surface area contributed by atoms with Gasteiger partial charge in [-0.3, -0.25) is 0 Å². The third kappa shape index (κ3) is 5.09. The molecular weight excluding hydrogens is 535 g/mol. The highest BCUT2D eigenvalue weighted by atomic mass is 79.9. The van der Waals surface area contributed by atoms with Crippen LogP contribution in [0, 0.1) is 0 Å². The molecule has 2 aromatic carbocycles. The second kappa shape index (κ2) is 11.1. The van der Waals surface area contributed by atoms with Crippen molar-refractivity contribution in [3.63, 3.8) is 0 Å². The minimum atomic E-state index is 0.264. The summed E-state index contributed by atoms with van der Waals surface area (Å²) in [5.74, 6) is 1.39. The molecule has 0 aliphatic rings. The Morgan fingerprint density at radius 2 is 1.68 bits per heavy atom. The summed E-state index contributed by atoms with van der Waals surface area (Å²) in [6.45, 7) is 6.46. The minimum Gasteiger partial charge on any atom is -0.419 e. The van der Waals surface area contributed by atoms with Gasteiger partial charge < -0.3 is 4.42 Å². The lowest BCUT2D eigenvalue weighted by Crippen LogP contribution is -2.01. The number of halogens is 3. The van der Waals surface area contributed by atoms with Crippen LogP contribution in [0.5, 0.6) is 0 Å². The maximum absolute atomic E-state index is 6.61. The molecule has 0 N–H and O–H groups in total. The van der Waals surface area contributed by atoms with Gasteiger partial charge in [-0.15, -0.1) is 10.2 Å². The Morgan fingerprint density at radius 1 is 0.971 bits per heavy atom. The smallest absolute Gasteiger partial charge is 0.268 e. The highest BCUT2D eigenvalue weighted by Crippen LogP contribution is 2.37. The molecule has 0 saturated carbocycles. The molecule has 0 unspecified atom stereocenters. The van der Waals surface area contributed by atoms with E-state index in [4.69, 9.17) is 32.7 Å². The molecule has 0 bridgehead atoms. The Hall–Kier alpha value is -2.15. The Labute approximate surface area is 218 Å². The van der Waals surface area contributed by atoms with Crippen molar-refractivity contribution in [2.75, 3.05) is 0 Å². The molecular formula is C26H27BrCl2N4O. The Bertz CT molecular complexity index is 1260. The molecule has 5 nitrogen and oxygen atoms in total. The quantitative estimate of drug-likeness (QED) is 0.205. The van der Waals surface area contributed by atoms with Crippen molar-refractivity contribution in [1.29, 1.82) is 0 Å². The fraction of sp³-hybridized carbons (Fsp3) is 0.346. The van der Waals surface area contributed by atoms with Crippen LogP contribution in [0.25, 0.3) is 28.5 Å². The molecule has 0 aliphatic carbocycles. The van der Waals surface area contributed by atoms with E-state index in [0.29, 0.717) is 27.5 Å². The van der Waals surface area contributed by atoms with Gasteiger partial charge in [0.05, 0.1) is 16.4 Å². The maximum atomic E-state index is 6.61. The first kappa shape index (κ1) is 25.0. The van der Waals surface area contributed by atoms with Crippen LogP contribution in [0.1, 0.15) is 63.8 Å². The summed E-state index contributed by atoms with van der Waals surface area (Å²) in [4.78, 5) is 0. The van der Waals surface area contributed by atoms with E-state index in [2.05, 4.69) is 59.0 Å². The normalized spacial score (nSPS) is 11.5. The van der Waals surface area contributed by atoms with Gasteiger partial charge in [-0.1, -0.05) is 84.9 Å². The van der Waals surface area contributed by atoms with Gasteiger partial charge in [-0.05, 0) is 49.6 Å². The van der Waals surface area contributed by atoms with Crippen molar-refractivity contribution in [3.8, 4) is 28.5 Å². The lowest BCUT2D eigenvalue weighted by Gasteiger charge is -2.11. The van der Waals surface area contributed by atoms with Crippen LogP contribution in [0.3, 0.4) is 0 Å². The summed E-state index contributed by atoms with van der Waals surface area (Å²) >= 11 is 16.3. The highest BCUT2D eigenvalue weighted by molar-refractivity contribution is 9.10. The van der Waals surface area contributed by atoms with Crippen molar-refractivity contribution in [2.45, 2.75) is 58.8 Å². The summed E-state index contributed by atoms with van der Waals surface area (Å²) in [7, 11) is 0. The Kier molecular flexibility index (Phi) is 8.12. The number of nitrogens with zero attached hydrogens (tertiary/aromatic N) is 4. The zero-order valence-electron chi connectivity index (χ0n) is 19.5. The number of aromatic nitrogens is 4. The molecule has 0 saturated heterocycles. The van der Waals surface area contributed by atoms with Gasteiger partial charge in [0, 0.05) is 26.5 Å². The zero-order valence-corrected chi connectivity index (χ0v) is 22.6. The van der Waals surface area contributed by atoms with E-state index in [1.807, 2.05) is 28.9 Å². The third-order valence-electron chi connectivity index (χ3n) is 5.86. The molecule has 0 atom stereocenters. The van der Waals surface area contributed by atoms with Crippen molar-refractivity contribution >= 4 is 39.1 Å². The molecule has 0 spiro atoms. The van der Waals surface area contributed by atoms with Crippen LogP contribution in [0.15, 0.2) is 51.4 Å². The second-order valence-electron chi connectivity index (χ2n) is 8.26. The molecule has 4 aromatic rings. The van der Waals surface area contributed by atoms with Crippen molar-refractivity contribution in [3.05, 3.63) is 68.4 Å². The first-order valence-electron chi connectivity index (χ1n) is 11.6. The number of hydrogen-bond donors (Lipinski definition) is 0. The monoisotopic (exact) mass is 560 g/mol. The number of hydrogen-bond acceptors (Lipinski definition) is 4. The third-order valence-corrected chi connectivity index (χ3v) is 6.93. The topological polar surface area (TPSA) is 56.7 Å². The average Bonchev–Trinajstić information content (AvgIpc) is 3.44. The van der Waals surface area contributed by atoms with Gasteiger partial charge in [-0.25, -0.2) is 4.68 Å². The summed E-state index contributed by atoms with van der Waals surface area (Å²) in [5.41, 5.74) is 4.38. The SMILES string of the molecule is CCCC(CCC)c1nnc(-c2nn(-c3ccc(Cl)cc3Cl)c(-c3ccc(Br)cc3)c2CC)o1. The van der Waals surface area contributed by atoms with Crippen LogP contribution < -0.4 is 0 Å². The molecule has 178 valence electrons. The average molecular weight is 562 g/mol. The number of benzene rings is 2. The molecule has 0 amide bonds. The minimum absolute atomic E-state index is 0.264. The fourth-order valence-corrected chi connectivity index (χ4v) is 5.03. The van der Waals surface area contributed by atoms with Crippen molar-refractivity contribution in [2.24, 2.45) is 0 Å². The fourth-order valence-electron chi connectivity index (χ4n) is 4.27. The van der Waals surface area contributed by atoms with Crippen molar-refractivity contribution < 1.29 is 4.42 Å². The van der Waals surface area contributed by atoms with Gasteiger partial charge >= 0.3 is 0 Å². The van der Waals surface area contributed by atoms with Gasteiger partial charge in [0.15, 0.2) is 5.69 Å². The van der Waals surface area contributed by atoms with Gasteiger partial charge in [0.2, 0.25) is 5.89 Å². The lowest BCUT2D eigenvalue weighted by molar-refractivity contribution is 0.416. The summed E-state index contributed by atoms with van der Waals surface area (Å²) < 4.78 is 9.09. The van der Waals surface area contributed by atoms with Crippen LogP contribution in [-0.4, -0.2) is 20.0 Å². The first-order chi connectivity index (χ1) is 16.5. The van der Waals surface area contributed by atoms with Crippen LogP contribution in [0.4, 0.5) is 0 Å². The lowest BCUT2D eigenvalue weighted by atomic mass is 9.98. The summed E-state index contributed by atoms with van der Waals surface area (Å²) in [6.07, 6.45) is 4.92. The van der Waals surface area contributed by atoms with E-state index in [0.717, 1.165) is 59.1 Å². The molecule has 2 aromatic heterocycles. The van der Waals surface area contributed by atoms with Gasteiger partial charge in [-0.2, -0.15) is 5.10 Å². The summed E-state index contributed by atoms with van der Waals surface area (Å²) in [6, 6.07) is 13.6. The van der Waals surface area contributed by atoms with E-state index >= 15 is 0 Å². The van der Waals surface area contributed by atoms with E-state index < -0.39 is 0 Å². The molecule has 34 heavy (non-hydrogen) atoms. The zero-order chi connectivity index (χ0) is 24.2. The Balaban J connectivity index is 1.90. The van der Waals surface area contributed by atoms with Crippen LogP contribution in [0.2, 0.25) is 10.0 Å². The molecule has 0 fully saturated rings. The largest absolute Gasteiger partial charge is 0.419 e. The maximum Gasteiger partial charge on any atom is 0.268 e. The molecule has 0 aliphatic heterocycles. The number of rotatable bonds is 9. The predicted molar refractivity (Wildman–Crippen MR) is 142 cm³/mol. The first-order valence-corrected chi connectivity index (χ1v) is 13.2. The van der Waals surface area contributed by atoms with E-state index in [1.54, 1.807) is 6.07 Å². The standard InChI is InChI=1S/C26H27BrCl2N4O/c1-4-7-17(8-5-2)25-30-31-26(34-25)23-20(6-3)24(16-9-11-18(27)12-10-16)33(32-23)22-14-13-19(28)15-21(22)29/h9-15,17H,4-8H2,1-3H3. The summed E-state index contributed by atoms with van der Waals surface area (Å²) in [5, 5.41) is 14.9. The van der Waals surface area contributed by atoms with Gasteiger partial charge in [0.25, 0.3) is 5.89 Å².